The highest BCUT2D eigenvalue weighted by atomic mass is 35.5. The van der Waals surface area contributed by atoms with Gasteiger partial charge in [0.25, 0.3) is 0 Å². The Labute approximate surface area is 92.3 Å². The van der Waals surface area contributed by atoms with Crippen LogP contribution in [-0.2, 0) is 4.74 Å². The Hall–Kier alpha value is -1.17. The summed E-state index contributed by atoms with van der Waals surface area (Å²) in [5.74, 6) is 0. The summed E-state index contributed by atoms with van der Waals surface area (Å²) >= 11 is 11.6. The maximum Gasteiger partial charge on any atom is 0.103 e. The van der Waals surface area contributed by atoms with Crippen LogP contribution in [0.25, 0.3) is 5.57 Å². The highest BCUT2D eigenvalue weighted by Crippen LogP contribution is 2.26. The van der Waals surface area contributed by atoms with Crippen molar-refractivity contribution in [1.29, 1.82) is 5.26 Å². The Kier molecular flexibility index (Phi) is 3.82. The molecule has 0 fully saturated rings. The molecule has 0 aliphatic heterocycles. The quantitative estimate of drug-likeness (QED) is 0.573. The van der Waals surface area contributed by atoms with Gasteiger partial charge in [-0.3, -0.25) is 0 Å². The average Bonchev–Trinajstić information content (AvgIpc) is 2.15. The highest BCUT2D eigenvalue weighted by Gasteiger charge is 2.06. The molecule has 0 aromatic heterocycles. The molecule has 0 atom stereocenters. The maximum absolute atomic E-state index is 8.81. The third kappa shape index (κ3) is 2.41. The Balaban J connectivity index is 3.19. The van der Waals surface area contributed by atoms with Crippen molar-refractivity contribution in [3.63, 3.8) is 0 Å². The molecule has 1 aromatic carbocycles. The van der Waals surface area contributed by atoms with E-state index in [-0.39, 0.29) is 0 Å². The predicted molar refractivity (Wildman–Crippen MR) is 57.1 cm³/mol. The second kappa shape index (κ2) is 4.90. The van der Waals surface area contributed by atoms with Gasteiger partial charge >= 0.3 is 0 Å². The smallest absolute Gasteiger partial charge is 0.103 e. The fraction of sp³-hybridized carbons (Fsp3) is 0.100. The standard InChI is InChI=1S/C10H7Cl2NO/c1-14-6-7(5-13)9-3-2-8(11)4-10(9)12/h2-4,6H,1H3/b7-6+. The van der Waals surface area contributed by atoms with Gasteiger partial charge in [-0.15, -0.1) is 0 Å². The molecule has 0 N–H and O–H groups in total. The second-order valence-electron chi connectivity index (χ2n) is 2.50. The van der Waals surface area contributed by atoms with Crippen LogP contribution in [0, 0.1) is 11.3 Å². The van der Waals surface area contributed by atoms with Gasteiger partial charge in [0.05, 0.1) is 17.7 Å². The van der Waals surface area contributed by atoms with E-state index in [9.17, 15) is 0 Å². The summed E-state index contributed by atoms with van der Waals surface area (Å²) in [6.45, 7) is 0. The lowest BCUT2D eigenvalue weighted by atomic mass is 10.1. The molecule has 0 spiro atoms. The van der Waals surface area contributed by atoms with Crippen LogP contribution in [0.5, 0.6) is 0 Å². The molecule has 72 valence electrons. The van der Waals surface area contributed by atoms with E-state index < -0.39 is 0 Å². The third-order valence-corrected chi connectivity index (χ3v) is 2.13. The summed E-state index contributed by atoms with van der Waals surface area (Å²) in [5.41, 5.74) is 0.981. The average molecular weight is 228 g/mol. The van der Waals surface area contributed by atoms with Gasteiger partial charge in [0.1, 0.15) is 12.3 Å². The highest BCUT2D eigenvalue weighted by molar-refractivity contribution is 6.35. The minimum Gasteiger partial charge on any atom is -0.503 e. The van der Waals surface area contributed by atoms with Crippen LogP contribution in [0.15, 0.2) is 24.5 Å². The van der Waals surface area contributed by atoms with Gasteiger partial charge in [0.15, 0.2) is 0 Å². The van der Waals surface area contributed by atoms with Crippen LogP contribution in [0.2, 0.25) is 10.0 Å². The van der Waals surface area contributed by atoms with E-state index >= 15 is 0 Å². The van der Waals surface area contributed by atoms with Gasteiger partial charge < -0.3 is 4.74 Å². The number of hydrogen-bond donors (Lipinski definition) is 0. The second-order valence-corrected chi connectivity index (χ2v) is 3.35. The molecular formula is C10H7Cl2NO. The first-order chi connectivity index (χ1) is 6.69. The molecule has 1 rings (SSSR count). The zero-order valence-electron chi connectivity index (χ0n) is 7.42. The summed E-state index contributed by atoms with van der Waals surface area (Å²) in [6.07, 6.45) is 1.34. The van der Waals surface area contributed by atoms with Crippen molar-refractivity contribution in [3.05, 3.63) is 40.1 Å². The molecule has 0 aliphatic rings. The van der Waals surface area contributed by atoms with E-state index in [1.54, 1.807) is 18.2 Å². The van der Waals surface area contributed by atoms with E-state index in [0.717, 1.165) is 0 Å². The Morgan fingerprint density at radius 2 is 2.21 bits per heavy atom. The first kappa shape index (κ1) is 10.9. The predicted octanol–water partition coefficient (Wildman–Crippen LogP) is 3.50. The van der Waals surface area contributed by atoms with Crippen molar-refractivity contribution in [2.24, 2.45) is 0 Å². The number of ether oxygens (including phenoxy) is 1. The third-order valence-electron chi connectivity index (χ3n) is 1.58. The van der Waals surface area contributed by atoms with Crippen molar-refractivity contribution in [3.8, 4) is 6.07 Å². The number of halogens is 2. The molecule has 0 bridgehead atoms. The fourth-order valence-corrected chi connectivity index (χ4v) is 1.49. The summed E-state index contributed by atoms with van der Waals surface area (Å²) in [7, 11) is 1.47. The zero-order chi connectivity index (χ0) is 10.6. The number of rotatable bonds is 2. The minimum absolute atomic E-state index is 0.370. The van der Waals surface area contributed by atoms with Crippen LogP contribution < -0.4 is 0 Å². The van der Waals surface area contributed by atoms with Crippen LogP contribution in [-0.4, -0.2) is 7.11 Å². The molecule has 0 amide bonds. The maximum atomic E-state index is 8.81. The molecule has 0 aliphatic carbocycles. The van der Waals surface area contributed by atoms with E-state index in [2.05, 4.69) is 0 Å². The van der Waals surface area contributed by atoms with Crippen molar-refractivity contribution >= 4 is 28.8 Å². The fourth-order valence-electron chi connectivity index (χ4n) is 0.976. The van der Waals surface area contributed by atoms with Gasteiger partial charge in [-0.2, -0.15) is 5.26 Å². The van der Waals surface area contributed by atoms with E-state index in [1.165, 1.54) is 13.4 Å². The van der Waals surface area contributed by atoms with E-state index in [1.807, 2.05) is 6.07 Å². The van der Waals surface area contributed by atoms with Gasteiger partial charge in [0.2, 0.25) is 0 Å². The van der Waals surface area contributed by atoms with Gasteiger partial charge in [-0.05, 0) is 12.1 Å². The van der Waals surface area contributed by atoms with Crippen LogP contribution >= 0.6 is 23.2 Å². The van der Waals surface area contributed by atoms with Crippen molar-refractivity contribution in [2.75, 3.05) is 7.11 Å². The first-order valence-electron chi connectivity index (χ1n) is 3.77. The SMILES string of the molecule is CO/C=C(\C#N)c1ccc(Cl)cc1Cl. The molecule has 4 heteroatoms. The van der Waals surface area contributed by atoms with Crippen molar-refractivity contribution < 1.29 is 4.74 Å². The summed E-state index contributed by atoms with van der Waals surface area (Å²) < 4.78 is 4.76. The molecule has 1 aromatic rings. The Morgan fingerprint density at radius 3 is 2.71 bits per heavy atom. The lowest BCUT2D eigenvalue weighted by Gasteiger charge is -2.02. The Bertz CT molecular complexity index is 407. The molecule has 0 unspecified atom stereocenters. The summed E-state index contributed by atoms with van der Waals surface area (Å²) in [4.78, 5) is 0. The number of hydrogen-bond acceptors (Lipinski definition) is 2. The van der Waals surface area contributed by atoms with E-state index in [4.69, 9.17) is 33.2 Å². The number of allylic oxidation sites excluding steroid dienone is 1. The number of methoxy groups -OCH3 is 1. The monoisotopic (exact) mass is 227 g/mol. The van der Waals surface area contributed by atoms with Crippen molar-refractivity contribution in [2.45, 2.75) is 0 Å². The molecule has 2 nitrogen and oxygen atoms in total. The lowest BCUT2D eigenvalue weighted by Crippen LogP contribution is -1.84. The molecule has 0 saturated carbocycles. The molecular weight excluding hydrogens is 221 g/mol. The normalized spacial score (nSPS) is 10.9. The lowest BCUT2D eigenvalue weighted by molar-refractivity contribution is 0.340. The summed E-state index contributed by atoms with van der Waals surface area (Å²) in [5, 5.41) is 9.78. The Morgan fingerprint density at radius 1 is 1.50 bits per heavy atom. The minimum atomic E-state index is 0.370. The first-order valence-corrected chi connectivity index (χ1v) is 4.53. The van der Waals surface area contributed by atoms with Gasteiger partial charge in [-0.25, -0.2) is 0 Å². The number of nitriles is 1. The largest absolute Gasteiger partial charge is 0.503 e. The molecule has 14 heavy (non-hydrogen) atoms. The summed E-state index contributed by atoms with van der Waals surface area (Å²) in [6, 6.07) is 6.92. The topological polar surface area (TPSA) is 33.0 Å². The molecule has 0 saturated heterocycles. The number of benzene rings is 1. The van der Waals surface area contributed by atoms with Crippen LogP contribution in [0.1, 0.15) is 5.56 Å². The van der Waals surface area contributed by atoms with Crippen LogP contribution in [0.4, 0.5) is 0 Å². The number of nitrogens with zero attached hydrogens (tertiary/aromatic N) is 1. The van der Waals surface area contributed by atoms with E-state index in [0.29, 0.717) is 21.2 Å². The zero-order valence-corrected chi connectivity index (χ0v) is 8.93. The molecule has 0 radical (unpaired) electrons. The van der Waals surface area contributed by atoms with Crippen LogP contribution in [0.3, 0.4) is 0 Å². The molecule has 0 heterocycles. The van der Waals surface area contributed by atoms with Crippen molar-refractivity contribution in [1.82, 2.24) is 0 Å². The van der Waals surface area contributed by atoms with Gasteiger partial charge in [0, 0.05) is 10.6 Å². The van der Waals surface area contributed by atoms with Gasteiger partial charge in [-0.1, -0.05) is 29.3 Å².